The quantitative estimate of drug-likeness (QED) is 0.211. The van der Waals surface area contributed by atoms with Gasteiger partial charge in [0.05, 0.1) is 5.56 Å². The number of amides is 1. The second-order valence-corrected chi connectivity index (χ2v) is 8.00. The van der Waals surface area contributed by atoms with Crippen molar-refractivity contribution in [3.63, 3.8) is 0 Å². The van der Waals surface area contributed by atoms with Crippen molar-refractivity contribution >= 4 is 17.7 Å². The number of benzene rings is 1. The van der Waals surface area contributed by atoms with Crippen molar-refractivity contribution in [2.24, 2.45) is 0 Å². The maximum Gasteiger partial charge on any atom is 0.207 e. The summed E-state index contributed by atoms with van der Waals surface area (Å²) in [5, 5.41) is 19.9. The molecule has 2 N–H and O–H groups in total. The molecule has 0 heterocycles. The van der Waals surface area contributed by atoms with Crippen molar-refractivity contribution in [2.75, 3.05) is 6.54 Å². The van der Waals surface area contributed by atoms with Gasteiger partial charge >= 0.3 is 0 Å². The summed E-state index contributed by atoms with van der Waals surface area (Å²) in [5.74, 6) is -0.528. The first-order chi connectivity index (χ1) is 14.8. The van der Waals surface area contributed by atoms with E-state index < -0.39 is 5.82 Å². The number of nitriles is 1. The fourth-order valence-electron chi connectivity index (χ4n) is 3.59. The number of nitrogens with zero attached hydrogens (tertiary/aromatic N) is 1. The zero-order valence-electron chi connectivity index (χ0n) is 18.5. The Kier molecular flexibility index (Phi) is 9.14. The van der Waals surface area contributed by atoms with Gasteiger partial charge in [-0.2, -0.15) is 5.26 Å². The Hall–Kier alpha value is -3.26. The van der Waals surface area contributed by atoms with Gasteiger partial charge in [-0.25, -0.2) is 4.39 Å². The van der Waals surface area contributed by atoms with E-state index in [0.29, 0.717) is 31.5 Å². The fourth-order valence-corrected chi connectivity index (χ4v) is 3.59. The second-order valence-electron chi connectivity index (χ2n) is 8.00. The summed E-state index contributed by atoms with van der Waals surface area (Å²) in [4.78, 5) is 10.3. The van der Waals surface area contributed by atoms with Crippen molar-refractivity contribution in [2.45, 2.75) is 52.9 Å². The molecule has 0 spiro atoms. The predicted molar refractivity (Wildman–Crippen MR) is 124 cm³/mol. The number of halogens is 1. The molecule has 0 aromatic heterocycles. The van der Waals surface area contributed by atoms with Crippen LogP contribution in [0.2, 0.25) is 0 Å². The third kappa shape index (κ3) is 7.18. The summed E-state index contributed by atoms with van der Waals surface area (Å²) < 4.78 is 14.4. The number of nitrogens with one attached hydrogen (secondary N) is 2. The lowest BCUT2D eigenvalue weighted by Crippen LogP contribution is -2.13. The van der Waals surface area contributed by atoms with Gasteiger partial charge in [-0.1, -0.05) is 35.4 Å². The summed E-state index contributed by atoms with van der Waals surface area (Å²) in [7, 11) is 0. The number of carbonyl (C=O) groups excluding carboxylic acids is 1. The fraction of sp³-hybridized carbons (Fsp3) is 0.346. The lowest BCUT2D eigenvalue weighted by atomic mass is 9.88. The lowest BCUT2D eigenvalue weighted by Gasteiger charge is -2.17. The molecular formula is C26H30FN3O. The van der Waals surface area contributed by atoms with Crippen molar-refractivity contribution in [1.82, 2.24) is 5.32 Å². The molecule has 0 saturated carbocycles. The molecule has 0 radical (unpaired) electrons. The third-order valence-electron chi connectivity index (χ3n) is 5.41. The zero-order valence-corrected chi connectivity index (χ0v) is 18.5. The maximum atomic E-state index is 14.4. The van der Waals surface area contributed by atoms with Gasteiger partial charge in [0.2, 0.25) is 6.41 Å². The molecule has 0 fully saturated rings. The topological polar surface area (TPSA) is 76.7 Å². The standard InChI is InChI=1S/C26H30FN3O/c1-18-6-8-21(9-7-18)20(3)25(22-10-11-23(16-28)26(27)15-22)14-19(2)13-24(29)5-4-12-30-17-31/h6,8,10-11,14-15,17,29H,4-5,7,9,12-13H2,1-3H3,(H,30,31)/b19-14+,25-20-,29-24?. The number of hydrogen-bond acceptors (Lipinski definition) is 3. The van der Waals surface area contributed by atoms with Gasteiger partial charge in [-0.05, 0) is 80.9 Å². The van der Waals surface area contributed by atoms with Crippen LogP contribution in [0.1, 0.15) is 64.0 Å². The highest BCUT2D eigenvalue weighted by atomic mass is 19.1. The summed E-state index contributed by atoms with van der Waals surface area (Å²) >= 11 is 0. The highest BCUT2D eigenvalue weighted by Gasteiger charge is 2.13. The minimum atomic E-state index is -0.528. The van der Waals surface area contributed by atoms with Crippen LogP contribution in [-0.4, -0.2) is 18.7 Å². The molecule has 4 nitrogen and oxygen atoms in total. The van der Waals surface area contributed by atoms with Crippen molar-refractivity contribution < 1.29 is 9.18 Å². The van der Waals surface area contributed by atoms with Crippen LogP contribution >= 0.6 is 0 Å². The van der Waals surface area contributed by atoms with Crippen LogP contribution in [0.15, 0.2) is 58.7 Å². The summed E-state index contributed by atoms with van der Waals surface area (Å²) in [6, 6.07) is 6.59. The monoisotopic (exact) mass is 419 g/mol. The van der Waals surface area contributed by atoms with E-state index in [2.05, 4.69) is 24.4 Å². The molecule has 0 aliphatic heterocycles. The Morgan fingerprint density at radius 1 is 1.29 bits per heavy atom. The smallest absolute Gasteiger partial charge is 0.207 e. The van der Waals surface area contributed by atoms with Gasteiger partial charge in [0.1, 0.15) is 11.9 Å². The van der Waals surface area contributed by atoms with E-state index in [1.807, 2.05) is 26.0 Å². The Labute approximate surface area is 184 Å². The number of carbonyl (C=O) groups is 1. The maximum absolute atomic E-state index is 14.4. The predicted octanol–water partition coefficient (Wildman–Crippen LogP) is 6.02. The van der Waals surface area contributed by atoms with Crippen LogP contribution in [-0.2, 0) is 4.79 Å². The van der Waals surface area contributed by atoms with Crippen LogP contribution in [0.3, 0.4) is 0 Å². The molecule has 1 aromatic carbocycles. The van der Waals surface area contributed by atoms with Crippen LogP contribution in [0.5, 0.6) is 0 Å². The third-order valence-corrected chi connectivity index (χ3v) is 5.41. The van der Waals surface area contributed by atoms with Gasteiger partial charge < -0.3 is 10.7 Å². The lowest BCUT2D eigenvalue weighted by molar-refractivity contribution is -0.109. The number of rotatable bonds is 10. The highest BCUT2D eigenvalue weighted by Crippen LogP contribution is 2.32. The van der Waals surface area contributed by atoms with Crippen molar-refractivity contribution in [3.05, 3.63) is 75.7 Å². The first-order valence-corrected chi connectivity index (χ1v) is 10.5. The molecule has 0 saturated heterocycles. The second kappa shape index (κ2) is 11.8. The van der Waals surface area contributed by atoms with Crippen molar-refractivity contribution in [3.8, 4) is 6.07 Å². The summed E-state index contributed by atoms with van der Waals surface area (Å²) in [6.07, 6.45) is 10.7. The van der Waals surface area contributed by atoms with Gasteiger partial charge in [0, 0.05) is 18.7 Å². The van der Waals surface area contributed by atoms with Crippen LogP contribution in [0.25, 0.3) is 5.57 Å². The van der Waals surface area contributed by atoms with E-state index >= 15 is 0 Å². The Balaban J connectivity index is 2.36. The average Bonchev–Trinajstić information content (AvgIpc) is 2.75. The van der Waals surface area contributed by atoms with Gasteiger partial charge in [-0.15, -0.1) is 0 Å². The Bertz CT molecular complexity index is 1010. The molecular weight excluding hydrogens is 389 g/mol. The molecule has 162 valence electrons. The van der Waals surface area contributed by atoms with Gasteiger partial charge in [0.25, 0.3) is 0 Å². The first-order valence-electron chi connectivity index (χ1n) is 10.5. The molecule has 0 atom stereocenters. The van der Waals surface area contributed by atoms with E-state index in [9.17, 15) is 9.18 Å². The largest absolute Gasteiger partial charge is 0.359 e. The SMILES string of the molecule is CC1=CC=C(/C(C)=C(/C=C(\C)CC(=N)CCCNC=O)c2ccc(C#N)c(F)c2)CC1. The van der Waals surface area contributed by atoms with Crippen LogP contribution in [0.4, 0.5) is 4.39 Å². The van der Waals surface area contributed by atoms with E-state index in [1.54, 1.807) is 6.07 Å². The minimum Gasteiger partial charge on any atom is -0.359 e. The zero-order chi connectivity index (χ0) is 22.8. The highest BCUT2D eigenvalue weighted by molar-refractivity contribution is 5.86. The average molecular weight is 420 g/mol. The minimum absolute atomic E-state index is 0.0302. The molecule has 31 heavy (non-hydrogen) atoms. The van der Waals surface area contributed by atoms with Gasteiger partial charge in [0.15, 0.2) is 0 Å². The van der Waals surface area contributed by atoms with E-state index in [0.717, 1.165) is 41.5 Å². The molecule has 5 heteroatoms. The van der Waals surface area contributed by atoms with E-state index in [-0.39, 0.29) is 5.56 Å². The molecule has 1 aromatic rings. The summed E-state index contributed by atoms with van der Waals surface area (Å²) in [5.41, 5.74) is 6.90. The normalized spacial score (nSPS) is 14.7. The van der Waals surface area contributed by atoms with Crippen molar-refractivity contribution in [1.29, 1.82) is 10.7 Å². The molecule has 0 unspecified atom stereocenters. The number of allylic oxidation sites excluding steroid dienone is 8. The molecule has 0 bridgehead atoms. The molecule has 1 aliphatic rings. The number of hydrogen-bond donors (Lipinski definition) is 2. The molecule has 1 amide bonds. The van der Waals surface area contributed by atoms with Crippen LogP contribution < -0.4 is 5.32 Å². The Morgan fingerprint density at radius 3 is 2.68 bits per heavy atom. The Morgan fingerprint density at radius 2 is 2.06 bits per heavy atom. The van der Waals surface area contributed by atoms with E-state index in [4.69, 9.17) is 10.7 Å². The van der Waals surface area contributed by atoms with Gasteiger partial charge in [-0.3, -0.25) is 4.79 Å². The van der Waals surface area contributed by atoms with Crippen LogP contribution in [0, 0.1) is 22.6 Å². The first kappa shape index (κ1) is 24.0. The van der Waals surface area contributed by atoms with E-state index in [1.165, 1.54) is 23.3 Å². The summed E-state index contributed by atoms with van der Waals surface area (Å²) in [6.45, 7) is 6.70. The molecule has 1 aliphatic carbocycles. The molecule has 2 rings (SSSR count).